The van der Waals surface area contributed by atoms with Gasteiger partial charge in [-0.15, -0.1) is 0 Å². The molecule has 2 rings (SSSR count). The predicted molar refractivity (Wildman–Crippen MR) is 55.9 cm³/mol. The molecule has 0 aromatic carbocycles. The number of imidazole rings is 1. The van der Waals surface area contributed by atoms with Gasteiger partial charge >= 0.3 is 0 Å². The summed E-state index contributed by atoms with van der Waals surface area (Å²) in [6.07, 6.45) is 3.32. The summed E-state index contributed by atoms with van der Waals surface area (Å²) in [7, 11) is 0. The van der Waals surface area contributed by atoms with Crippen LogP contribution in [0.5, 0.6) is 0 Å². The van der Waals surface area contributed by atoms with Crippen molar-refractivity contribution in [2.75, 3.05) is 0 Å². The van der Waals surface area contributed by atoms with E-state index in [-0.39, 0.29) is 0 Å². The minimum atomic E-state index is -0.954. The van der Waals surface area contributed by atoms with Gasteiger partial charge in [-0.05, 0) is 35.8 Å². The first-order valence-electron chi connectivity index (χ1n) is 4.20. The van der Waals surface area contributed by atoms with Crippen LogP contribution in [0.3, 0.4) is 0 Å². The number of halogens is 1. The van der Waals surface area contributed by atoms with Crippen LogP contribution >= 0.6 is 15.9 Å². The van der Waals surface area contributed by atoms with Crippen LogP contribution in [0.4, 0.5) is 0 Å². The molecule has 0 saturated heterocycles. The predicted octanol–water partition coefficient (Wildman–Crippen LogP) is 1.72. The third kappa shape index (κ3) is 1.42. The summed E-state index contributed by atoms with van der Waals surface area (Å²) in [4.78, 5) is 8.29. The van der Waals surface area contributed by atoms with E-state index >= 15 is 0 Å². The van der Waals surface area contributed by atoms with Gasteiger partial charge in [0.15, 0.2) is 0 Å². The molecule has 0 bridgehead atoms. The van der Waals surface area contributed by atoms with Gasteiger partial charge in [0.05, 0.1) is 0 Å². The molecule has 5 heteroatoms. The fraction of sp³-hybridized carbons (Fsp3) is 0.333. The van der Waals surface area contributed by atoms with Crippen LogP contribution in [0.2, 0.25) is 0 Å². The van der Waals surface area contributed by atoms with E-state index in [2.05, 4.69) is 25.9 Å². The largest absolute Gasteiger partial charge is 0.384 e. The molecule has 2 aromatic rings. The molecule has 0 spiro atoms. The molecule has 4 nitrogen and oxygen atoms in total. The molecule has 0 saturated carbocycles. The van der Waals surface area contributed by atoms with E-state index in [0.717, 1.165) is 10.3 Å². The van der Waals surface area contributed by atoms with Crippen molar-refractivity contribution < 1.29 is 5.11 Å². The van der Waals surface area contributed by atoms with E-state index in [1.807, 2.05) is 0 Å². The number of fused-ring (bicyclic) bond motifs is 1. The highest BCUT2D eigenvalue weighted by atomic mass is 79.9. The zero-order chi connectivity index (χ0) is 10.3. The Labute approximate surface area is 89.7 Å². The van der Waals surface area contributed by atoms with Gasteiger partial charge in [0.1, 0.15) is 27.9 Å². The number of hydrogen-bond donors (Lipinski definition) is 1. The molecule has 0 aliphatic rings. The summed E-state index contributed by atoms with van der Waals surface area (Å²) in [5.74, 6) is 0. The standard InChI is InChI=1S/C9H10BrN3O/c1-9(2,14)7-8(10)13-5-11-4-3-6(13)12-7/h3-5,14H,1-2H3. The van der Waals surface area contributed by atoms with Gasteiger partial charge in [-0.1, -0.05) is 0 Å². The van der Waals surface area contributed by atoms with Gasteiger partial charge < -0.3 is 5.11 Å². The topological polar surface area (TPSA) is 50.4 Å². The SMILES string of the molecule is CC(C)(O)c1nc2ccncn2c1Br. The first kappa shape index (κ1) is 9.61. The van der Waals surface area contributed by atoms with Crippen LogP contribution in [0.15, 0.2) is 23.2 Å². The normalized spacial score (nSPS) is 12.3. The van der Waals surface area contributed by atoms with Crippen molar-refractivity contribution in [3.05, 3.63) is 28.9 Å². The molecule has 0 fully saturated rings. The summed E-state index contributed by atoms with van der Waals surface area (Å²) >= 11 is 3.39. The maximum atomic E-state index is 9.84. The summed E-state index contributed by atoms with van der Waals surface area (Å²) in [6.45, 7) is 3.40. The number of rotatable bonds is 1. The molecular weight excluding hydrogens is 246 g/mol. The molecule has 0 atom stereocenters. The van der Waals surface area contributed by atoms with E-state index in [1.54, 1.807) is 36.8 Å². The highest BCUT2D eigenvalue weighted by molar-refractivity contribution is 9.10. The quantitative estimate of drug-likeness (QED) is 0.845. The lowest BCUT2D eigenvalue weighted by Crippen LogP contribution is -2.16. The van der Waals surface area contributed by atoms with E-state index < -0.39 is 5.60 Å². The minimum Gasteiger partial charge on any atom is -0.384 e. The number of nitrogens with zero attached hydrogens (tertiary/aromatic N) is 3. The van der Waals surface area contributed by atoms with Gasteiger partial charge in [0.2, 0.25) is 0 Å². The number of aliphatic hydroxyl groups is 1. The third-order valence-corrected chi connectivity index (χ3v) is 2.71. The average Bonchev–Trinajstić information content (AvgIpc) is 2.44. The van der Waals surface area contributed by atoms with Crippen molar-refractivity contribution in [1.82, 2.24) is 14.4 Å². The van der Waals surface area contributed by atoms with Gasteiger partial charge in [-0.2, -0.15) is 0 Å². The highest BCUT2D eigenvalue weighted by Gasteiger charge is 2.24. The Morgan fingerprint density at radius 2 is 2.21 bits per heavy atom. The zero-order valence-electron chi connectivity index (χ0n) is 7.90. The van der Waals surface area contributed by atoms with Gasteiger partial charge in [-0.25, -0.2) is 9.97 Å². The van der Waals surface area contributed by atoms with Gasteiger partial charge in [0, 0.05) is 6.20 Å². The Morgan fingerprint density at radius 1 is 1.50 bits per heavy atom. The number of hydrogen-bond acceptors (Lipinski definition) is 3. The van der Waals surface area contributed by atoms with E-state index in [4.69, 9.17) is 0 Å². The number of aromatic nitrogens is 3. The average molecular weight is 256 g/mol. The molecule has 0 amide bonds. The molecule has 2 aromatic heterocycles. The second-order valence-corrected chi connectivity index (χ2v) is 4.37. The Balaban J connectivity index is 2.75. The highest BCUT2D eigenvalue weighted by Crippen LogP contribution is 2.27. The van der Waals surface area contributed by atoms with Crippen molar-refractivity contribution >= 4 is 21.6 Å². The van der Waals surface area contributed by atoms with Crippen LogP contribution in [0.1, 0.15) is 19.5 Å². The summed E-state index contributed by atoms with van der Waals surface area (Å²) in [5, 5.41) is 9.84. The van der Waals surface area contributed by atoms with E-state index in [9.17, 15) is 5.11 Å². The molecular formula is C9H10BrN3O. The van der Waals surface area contributed by atoms with Crippen LogP contribution < -0.4 is 0 Å². The molecule has 74 valence electrons. The van der Waals surface area contributed by atoms with E-state index in [0.29, 0.717) is 5.69 Å². The van der Waals surface area contributed by atoms with Crippen molar-refractivity contribution in [2.24, 2.45) is 0 Å². The summed E-state index contributed by atoms with van der Waals surface area (Å²) in [5.41, 5.74) is 0.430. The summed E-state index contributed by atoms with van der Waals surface area (Å²) < 4.78 is 2.53. The summed E-state index contributed by atoms with van der Waals surface area (Å²) in [6, 6.07) is 1.79. The Bertz CT molecular complexity index is 472. The van der Waals surface area contributed by atoms with Crippen LogP contribution in [0, 0.1) is 0 Å². The van der Waals surface area contributed by atoms with Crippen LogP contribution in [0.25, 0.3) is 5.65 Å². The fourth-order valence-electron chi connectivity index (χ4n) is 1.26. The van der Waals surface area contributed by atoms with Gasteiger partial charge in [0.25, 0.3) is 0 Å². The minimum absolute atomic E-state index is 0.616. The zero-order valence-corrected chi connectivity index (χ0v) is 9.48. The first-order chi connectivity index (χ1) is 6.50. The molecule has 14 heavy (non-hydrogen) atoms. The Morgan fingerprint density at radius 3 is 2.79 bits per heavy atom. The first-order valence-corrected chi connectivity index (χ1v) is 5.00. The second kappa shape index (κ2) is 3.03. The molecule has 0 aliphatic heterocycles. The second-order valence-electron chi connectivity index (χ2n) is 3.62. The lowest BCUT2D eigenvalue weighted by atomic mass is 10.1. The van der Waals surface area contributed by atoms with Crippen LogP contribution in [-0.2, 0) is 5.60 Å². The van der Waals surface area contributed by atoms with E-state index in [1.165, 1.54) is 0 Å². The van der Waals surface area contributed by atoms with Gasteiger partial charge in [-0.3, -0.25) is 4.40 Å². The van der Waals surface area contributed by atoms with Crippen LogP contribution in [-0.4, -0.2) is 19.5 Å². The Kier molecular flexibility index (Phi) is 2.08. The Hall–Kier alpha value is -0.940. The maximum Gasteiger partial charge on any atom is 0.140 e. The van der Waals surface area contributed by atoms with Crippen molar-refractivity contribution in [3.63, 3.8) is 0 Å². The monoisotopic (exact) mass is 255 g/mol. The molecule has 2 heterocycles. The molecule has 0 radical (unpaired) electrons. The molecule has 0 unspecified atom stereocenters. The molecule has 0 aliphatic carbocycles. The maximum absolute atomic E-state index is 9.84. The third-order valence-electron chi connectivity index (χ3n) is 1.95. The fourth-order valence-corrected chi connectivity index (χ4v) is 2.11. The lowest BCUT2D eigenvalue weighted by Gasteiger charge is -2.14. The lowest BCUT2D eigenvalue weighted by molar-refractivity contribution is 0.0736. The smallest absolute Gasteiger partial charge is 0.140 e. The van der Waals surface area contributed by atoms with Crippen molar-refractivity contribution in [2.45, 2.75) is 19.4 Å². The van der Waals surface area contributed by atoms with Crippen molar-refractivity contribution in [3.8, 4) is 0 Å². The van der Waals surface area contributed by atoms with Crippen molar-refractivity contribution in [1.29, 1.82) is 0 Å². The molecule has 1 N–H and O–H groups in total.